The van der Waals surface area contributed by atoms with E-state index in [9.17, 15) is 0 Å². The van der Waals surface area contributed by atoms with Crippen LogP contribution in [0.2, 0.25) is 5.02 Å². The van der Waals surface area contributed by atoms with E-state index in [1.54, 1.807) is 19.5 Å². The lowest BCUT2D eigenvalue weighted by Crippen LogP contribution is -2.30. The lowest BCUT2D eigenvalue weighted by molar-refractivity contribution is 0.403. The molecule has 0 saturated heterocycles. The van der Waals surface area contributed by atoms with Crippen molar-refractivity contribution >= 4 is 11.6 Å². The first kappa shape index (κ1) is 14.8. The summed E-state index contributed by atoms with van der Waals surface area (Å²) in [6.07, 6.45) is 3.30. The minimum atomic E-state index is -0.249. The molecule has 1 unspecified atom stereocenters. The first-order valence-electron chi connectivity index (χ1n) is 6.29. The van der Waals surface area contributed by atoms with Gasteiger partial charge in [0, 0.05) is 18.0 Å². The van der Waals surface area contributed by atoms with E-state index in [2.05, 4.69) is 16.5 Å². The van der Waals surface area contributed by atoms with Crippen LogP contribution in [0.4, 0.5) is 0 Å². The highest BCUT2D eigenvalue weighted by molar-refractivity contribution is 6.31. The fraction of sp³-hybridized carbons (Fsp3) is 0.267. The molecule has 3 N–H and O–H groups in total. The average molecular weight is 292 g/mol. The topological polar surface area (TPSA) is 60.2 Å². The number of benzene rings is 1. The molecule has 0 spiro atoms. The van der Waals surface area contributed by atoms with E-state index < -0.39 is 0 Å². The third kappa shape index (κ3) is 2.77. The Balaban J connectivity index is 2.61. The number of hydrogen-bond donors (Lipinski definition) is 2. The zero-order valence-corrected chi connectivity index (χ0v) is 12.5. The maximum absolute atomic E-state index is 6.23. The summed E-state index contributed by atoms with van der Waals surface area (Å²) in [6, 6.07) is 5.69. The second-order valence-corrected chi connectivity index (χ2v) is 5.10. The van der Waals surface area contributed by atoms with Gasteiger partial charge in [-0.05, 0) is 42.7 Å². The number of halogens is 1. The number of nitrogens with zero attached hydrogens (tertiary/aromatic N) is 1. The van der Waals surface area contributed by atoms with Gasteiger partial charge >= 0.3 is 0 Å². The molecule has 0 aliphatic rings. The van der Waals surface area contributed by atoms with Crippen molar-refractivity contribution in [1.29, 1.82) is 0 Å². The normalized spacial score (nSPS) is 12.2. The minimum Gasteiger partial charge on any atom is -0.496 e. The SMILES string of the molecule is COc1cc(C)cc(C)c1C(NN)c1ccncc1Cl. The standard InChI is InChI=1S/C15H18ClN3O/c1-9-6-10(2)14(13(7-9)20-3)15(19-17)11-4-5-18-8-12(11)16/h4-8,15,19H,17H2,1-3H3. The molecule has 1 heterocycles. The Morgan fingerprint density at radius 3 is 2.70 bits per heavy atom. The van der Waals surface area contributed by atoms with Gasteiger partial charge < -0.3 is 4.74 Å². The van der Waals surface area contributed by atoms with Gasteiger partial charge in [0.05, 0.1) is 18.2 Å². The Bertz CT molecular complexity index is 616. The highest BCUT2D eigenvalue weighted by atomic mass is 35.5. The molecule has 1 atom stereocenters. The molecule has 5 heteroatoms. The fourth-order valence-corrected chi connectivity index (χ4v) is 2.66. The zero-order valence-electron chi connectivity index (χ0n) is 11.8. The third-order valence-electron chi connectivity index (χ3n) is 3.28. The van der Waals surface area contributed by atoms with Gasteiger partial charge in [-0.15, -0.1) is 0 Å². The largest absolute Gasteiger partial charge is 0.496 e. The monoisotopic (exact) mass is 291 g/mol. The van der Waals surface area contributed by atoms with E-state index in [1.165, 1.54) is 0 Å². The van der Waals surface area contributed by atoms with Crippen molar-refractivity contribution in [3.05, 3.63) is 57.9 Å². The minimum absolute atomic E-state index is 0.249. The Labute approximate surface area is 123 Å². The van der Waals surface area contributed by atoms with Gasteiger partial charge in [-0.3, -0.25) is 10.8 Å². The molecule has 0 radical (unpaired) electrons. The van der Waals surface area contributed by atoms with E-state index in [0.29, 0.717) is 5.02 Å². The number of pyridine rings is 1. The van der Waals surface area contributed by atoms with Crippen molar-refractivity contribution in [3.63, 3.8) is 0 Å². The third-order valence-corrected chi connectivity index (χ3v) is 3.60. The van der Waals surface area contributed by atoms with Gasteiger partial charge in [0.25, 0.3) is 0 Å². The number of hydrogen-bond acceptors (Lipinski definition) is 4. The number of aryl methyl sites for hydroxylation is 2. The number of rotatable bonds is 4. The zero-order chi connectivity index (χ0) is 14.7. The molecule has 1 aromatic heterocycles. The molecule has 2 rings (SSSR count). The van der Waals surface area contributed by atoms with Crippen LogP contribution in [0, 0.1) is 13.8 Å². The van der Waals surface area contributed by atoms with Crippen LogP contribution in [0.25, 0.3) is 0 Å². The fourth-order valence-electron chi connectivity index (χ4n) is 2.43. The Morgan fingerprint density at radius 2 is 2.10 bits per heavy atom. The summed E-state index contributed by atoms with van der Waals surface area (Å²) in [5, 5.41) is 0.567. The Kier molecular flexibility index (Phi) is 4.60. The number of ether oxygens (including phenoxy) is 1. The van der Waals surface area contributed by atoms with E-state index in [0.717, 1.165) is 28.0 Å². The van der Waals surface area contributed by atoms with Gasteiger partial charge in [-0.1, -0.05) is 17.7 Å². The summed E-state index contributed by atoms with van der Waals surface area (Å²) in [5.74, 6) is 6.54. The highest BCUT2D eigenvalue weighted by Crippen LogP contribution is 2.35. The maximum atomic E-state index is 6.23. The van der Waals surface area contributed by atoms with Crippen molar-refractivity contribution in [1.82, 2.24) is 10.4 Å². The summed E-state index contributed by atoms with van der Waals surface area (Å²) in [5.41, 5.74) is 6.90. The number of nitrogens with one attached hydrogen (secondary N) is 1. The molecular formula is C15H18ClN3O. The van der Waals surface area contributed by atoms with Gasteiger partial charge in [-0.2, -0.15) is 0 Å². The highest BCUT2D eigenvalue weighted by Gasteiger charge is 2.21. The quantitative estimate of drug-likeness (QED) is 0.672. The lowest BCUT2D eigenvalue weighted by atomic mass is 9.93. The number of methoxy groups -OCH3 is 1. The van der Waals surface area contributed by atoms with E-state index in [-0.39, 0.29) is 6.04 Å². The maximum Gasteiger partial charge on any atom is 0.124 e. The molecule has 0 aliphatic heterocycles. The van der Waals surface area contributed by atoms with Crippen LogP contribution < -0.4 is 16.0 Å². The molecule has 0 saturated carbocycles. The summed E-state index contributed by atoms with van der Waals surface area (Å²) in [4.78, 5) is 4.00. The summed E-state index contributed by atoms with van der Waals surface area (Å²) in [7, 11) is 1.65. The Hall–Kier alpha value is -1.62. The van der Waals surface area contributed by atoms with Crippen LogP contribution in [0.1, 0.15) is 28.3 Å². The molecule has 2 aromatic rings. The summed E-state index contributed by atoms with van der Waals surface area (Å²) in [6.45, 7) is 4.06. The van der Waals surface area contributed by atoms with Gasteiger partial charge in [0.2, 0.25) is 0 Å². The van der Waals surface area contributed by atoms with Crippen molar-refractivity contribution in [2.45, 2.75) is 19.9 Å². The molecule has 4 nitrogen and oxygen atoms in total. The van der Waals surface area contributed by atoms with Gasteiger partial charge in [0.15, 0.2) is 0 Å². The summed E-state index contributed by atoms with van der Waals surface area (Å²) >= 11 is 6.23. The van der Waals surface area contributed by atoms with E-state index in [1.807, 2.05) is 26.0 Å². The van der Waals surface area contributed by atoms with Gasteiger partial charge in [-0.25, -0.2) is 5.43 Å². The van der Waals surface area contributed by atoms with Crippen LogP contribution in [0.3, 0.4) is 0 Å². The van der Waals surface area contributed by atoms with Crippen LogP contribution in [-0.4, -0.2) is 12.1 Å². The van der Waals surface area contributed by atoms with E-state index >= 15 is 0 Å². The molecule has 0 fully saturated rings. The predicted molar refractivity (Wildman–Crippen MR) is 80.9 cm³/mol. The molecule has 20 heavy (non-hydrogen) atoms. The predicted octanol–water partition coefficient (Wildman–Crippen LogP) is 2.91. The first-order chi connectivity index (χ1) is 9.58. The van der Waals surface area contributed by atoms with Crippen LogP contribution in [0.15, 0.2) is 30.6 Å². The van der Waals surface area contributed by atoms with Crippen molar-refractivity contribution in [2.24, 2.45) is 5.84 Å². The van der Waals surface area contributed by atoms with Crippen LogP contribution >= 0.6 is 11.6 Å². The van der Waals surface area contributed by atoms with Crippen molar-refractivity contribution in [3.8, 4) is 5.75 Å². The molecular weight excluding hydrogens is 274 g/mol. The number of aromatic nitrogens is 1. The van der Waals surface area contributed by atoms with Gasteiger partial charge in [0.1, 0.15) is 5.75 Å². The smallest absolute Gasteiger partial charge is 0.124 e. The Morgan fingerprint density at radius 1 is 1.35 bits per heavy atom. The molecule has 106 valence electrons. The molecule has 0 aliphatic carbocycles. The number of hydrazine groups is 1. The van der Waals surface area contributed by atoms with E-state index in [4.69, 9.17) is 22.2 Å². The van der Waals surface area contributed by atoms with Crippen LogP contribution in [-0.2, 0) is 0 Å². The summed E-state index contributed by atoms with van der Waals surface area (Å²) < 4.78 is 5.50. The molecule has 0 amide bonds. The molecule has 1 aromatic carbocycles. The van der Waals surface area contributed by atoms with Crippen LogP contribution in [0.5, 0.6) is 5.75 Å². The van der Waals surface area contributed by atoms with Crippen molar-refractivity contribution in [2.75, 3.05) is 7.11 Å². The molecule has 0 bridgehead atoms. The lowest BCUT2D eigenvalue weighted by Gasteiger charge is -2.23. The number of nitrogens with two attached hydrogens (primary N) is 1. The second kappa shape index (κ2) is 6.22. The second-order valence-electron chi connectivity index (χ2n) is 4.69. The van der Waals surface area contributed by atoms with Crippen molar-refractivity contribution < 1.29 is 4.74 Å². The average Bonchev–Trinajstić information content (AvgIpc) is 2.43. The first-order valence-corrected chi connectivity index (χ1v) is 6.67.